The topological polar surface area (TPSA) is 78.9 Å². The van der Waals surface area contributed by atoms with Crippen LogP contribution >= 0.6 is 11.6 Å². The fourth-order valence-corrected chi connectivity index (χ4v) is 3.94. The molecule has 0 aromatic heterocycles. The van der Waals surface area contributed by atoms with Crippen molar-refractivity contribution in [3.8, 4) is 5.75 Å². The van der Waals surface area contributed by atoms with E-state index in [2.05, 4.69) is 5.32 Å². The zero-order valence-corrected chi connectivity index (χ0v) is 16.4. The molecule has 0 unspecified atom stereocenters. The summed E-state index contributed by atoms with van der Waals surface area (Å²) in [5, 5.41) is 12.9. The summed E-state index contributed by atoms with van der Waals surface area (Å²) in [7, 11) is 0. The number of likely N-dealkylation sites (tertiary alicyclic amines) is 1. The third-order valence-electron chi connectivity index (χ3n) is 5.29. The molecule has 3 rings (SSSR count). The van der Waals surface area contributed by atoms with Gasteiger partial charge in [-0.05, 0) is 38.0 Å². The number of nitrogens with zero attached hydrogens (tertiary/aromatic N) is 1. The predicted octanol–water partition coefficient (Wildman–Crippen LogP) is 2.76. The second-order valence-electron chi connectivity index (χ2n) is 7.42. The molecule has 1 aromatic rings. The molecule has 6 nitrogen and oxygen atoms in total. The Morgan fingerprint density at radius 1 is 1.22 bits per heavy atom. The molecule has 0 spiro atoms. The van der Waals surface area contributed by atoms with E-state index in [4.69, 9.17) is 16.3 Å². The smallest absolute Gasteiger partial charge is 0.251 e. The molecule has 27 heavy (non-hydrogen) atoms. The maximum atomic E-state index is 12.3. The van der Waals surface area contributed by atoms with Crippen LogP contribution in [-0.4, -0.2) is 53.2 Å². The first-order valence-electron chi connectivity index (χ1n) is 9.68. The zero-order valence-electron chi connectivity index (χ0n) is 15.6. The Balaban J connectivity index is 1.54. The minimum absolute atomic E-state index is 0.0429. The number of carbonyl (C=O) groups excluding carboxylic acids is 2. The van der Waals surface area contributed by atoms with Crippen LogP contribution in [-0.2, 0) is 4.79 Å². The number of halogens is 1. The van der Waals surface area contributed by atoms with Gasteiger partial charge in [-0.25, -0.2) is 0 Å². The van der Waals surface area contributed by atoms with Crippen LogP contribution in [0.3, 0.4) is 0 Å². The van der Waals surface area contributed by atoms with Crippen molar-refractivity contribution in [1.82, 2.24) is 10.2 Å². The van der Waals surface area contributed by atoms with Crippen LogP contribution < -0.4 is 10.1 Å². The first kappa shape index (κ1) is 20.0. The number of benzene rings is 1. The van der Waals surface area contributed by atoms with Gasteiger partial charge in [-0.1, -0.05) is 24.4 Å². The summed E-state index contributed by atoms with van der Waals surface area (Å²) in [6, 6.07) is 5.38. The van der Waals surface area contributed by atoms with Gasteiger partial charge < -0.3 is 20.1 Å². The van der Waals surface area contributed by atoms with Gasteiger partial charge in [0.2, 0.25) is 0 Å². The highest BCUT2D eigenvalue weighted by molar-refractivity contribution is 6.32. The lowest BCUT2D eigenvalue weighted by Crippen LogP contribution is -2.45. The summed E-state index contributed by atoms with van der Waals surface area (Å²) in [5.74, 6) is 0.207. The molecule has 2 N–H and O–H groups in total. The van der Waals surface area contributed by atoms with Crippen molar-refractivity contribution in [3.63, 3.8) is 0 Å². The van der Waals surface area contributed by atoms with Gasteiger partial charge in [0, 0.05) is 37.5 Å². The summed E-state index contributed by atoms with van der Waals surface area (Å²) >= 11 is 6.33. The molecule has 1 saturated carbocycles. The SMILES string of the molecule is C[C@H](O)C(=O)N1CCC(Oc2ccc(C(=O)NC3CCCC3)cc2Cl)CC1. The Labute approximate surface area is 164 Å². The Hall–Kier alpha value is -1.79. The summed E-state index contributed by atoms with van der Waals surface area (Å²) in [4.78, 5) is 25.8. The van der Waals surface area contributed by atoms with Crippen molar-refractivity contribution in [2.75, 3.05) is 13.1 Å². The molecule has 1 aliphatic carbocycles. The van der Waals surface area contributed by atoms with Gasteiger partial charge in [-0.2, -0.15) is 0 Å². The van der Waals surface area contributed by atoms with E-state index in [1.807, 2.05) is 0 Å². The van der Waals surface area contributed by atoms with Crippen LogP contribution in [0.1, 0.15) is 55.8 Å². The number of hydrogen-bond acceptors (Lipinski definition) is 4. The normalized spacial score (nSPS) is 19.7. The van der Waals surface area contributed by atoms with Gasteiger partial charge in [-0.15, -0.1) is 0 Å². The van der Waals surface area contributed by atoms with Crippen LogP contribution in [0.25, 0.3) is 0 Å². The second kappa shape index (κ2) is 8.93. The van der Waals surface area contributed by atoms with Crippen LogP contribution in [0, 0.1) is 0 Å². The van der Waals surface area contributed by atoms with Crippen LogP contribution in [0.2, 0.25) is 5.02 Å². The van der Waals surface area contributed by atoms with Crippen molar-refractivity contribution < 1.29 is 19.4 Å². The fraction of sp³-hybridized carbons (Fsp3) is 0.600. The van der Waals surface area contributed by atoms with Crippen molar-refractivity contribution in [1.29, 1.82) is 0 Å². The predicted molar refractivity (Wildman–Crippen MR) is 103 cm³/mol. The number of aliphatic hydroxyl groups is 1. The molecule has 2 fully saturated rings. The van der Waals surface area contributed by atoms with Crippen molar-refractivity contribution in [2.45, 2.75) is 63.7 Å². The van der Waals surface area contributed by atoms with E-state index in [0.29, 0.717) is 42.3 Å². The molecular weight excluding hydrogens is 368 g/mol. The third-order valence-corrected chi connectivity index (χ3v) is 5.58. The molecule has 2 amide bonds. The number of hydrogen-bond donors (Lipinski definition) is 2. The van der Waals surface area contributed by atoms with Crippen LogP contribution in [0.5, 0.6) is 5.75 Å². The number of nitrogens with one attached hydrogen (secondary N) is 1. The third kappa shape index (κ3) is 5.14. The first-order chi connectivity index (χ1) is 12.9. The summed E-state index contributed by atoms with van der Waals surface area (Å²) < 4.78 is 5.98. The Morgan fingerprint density at radius 2 is 1.89 bits per heavy atom. The van der Waals surface area contributed by atoms with E-state index in [0.717, 1.165) is 12.8 Å². The minimum atomic E-state index is -0.972. The van der Waals surface area contributed by atoms with E-state index >= 15 is 0 Å². The quantitative estimate of drug-likeness (QED) is 0.804. The Kier molecular flexibility index (Phi) is 6.60. The highest BCUT2D eigenvalue weighted by Crippen LogP contribution is 2.29. The Bertz CT molecular complexity index is 681. The van der Waals surface area contributed by atoms with Gasteiger partial charge in [0.25, 0.3) is 11.8 Å². The molecule has 2 aliphatic rings. The zero-order chi connectivity index (χ0) is 19.4. The average molecular weight is 395 g/mol. The minimum Gasteiger partial charge on any atom is -0.489 e. The second-order valence-corrected chi connectivity index (χ2v) is 7.83. The molecule has 1 heterocycles. The number of carbonyl (C=O) groups is 2. The van der Waals surface area contributed by atoms with Crippen LogP contribution in [0.4, 0.5) is 0 Å². The summed E-state index contributed by atoms with van der Waals surface area (Å²) in [5.41, 5.74) is 0.539. The number of rotatable bonds is 5. The molecular formula is C20H27ClN2O4. The van der Waals surface area contributed by atoms with E-state index in [1.165, 1.54) is 19.8 Å². The average Bonchev–Trinajstić information content (AvgIpc) is 3.16. The van der Waals surface area contributed by atoms with E-state index in [1.54, 1.807) is 23.1 Å². The number of amides is 2. The maximum Gasteiger partial charge on any atom is 0.251 e. The monoisotopic (exact) mass is 394 g/mol. The lowest BCUT2D eigenvalue weighted by atomic mass is 10.1. The molecule has 0 bridgehead atoms. The Morgan fingerprint density at radius 3 is 2.48 bits per heavy atom. The van der Waals surface area contributed by atoms with Gasteiger partial charge in [0.05, 0.1) is 5.02 Å². The van der Waals surface area contributed by atoms with Crippen molar-refractivity contribution >= 4 is 23.4 Å². The van der Waals surface area contributed by atoms with Crippen molar-refractivity contribution in [2.24, 2.45) is 0 Å². The van der Waals surface area contributed by atoms with E-state index in [9.17, 15) is 14.7 Å². The molecule has 7 heteroatoms. The van der Waals surface area contributed by atoms with Crippen LogP contribution in [0.15, 0.2) is 18.2 Å². The molecule has 1 aromatic carbocycles. The highest BCUT2D eigenvalue weighted by atomic mass is 35.5. The largest absolute Gasteiger partial charge is 0.489 e. The molecule has 0 radical (unpaired) electrons. The van der Waals surface area contributed by atoms with Gasteiger partial charge in [-0.3, -0.25) is 9.59 Å². The number of piperidine rings is 1. The lowest BCUT2D eigenvalue weighted by molar-refractivity contribution is -0.141. The molecule has 1 saturated heterocycles. The fourth-order valence-electron chi connectivity index (χ4n) is 3.71. The summed E-state index contributed by atoms with van der Waals surface area (Å²) in [6.45, 7) is 2.58. The number of ether oxygens (including phenoxy) is 1. The molecule has 148 valence electrons. The van der Waals surface area contributed by atoms with Gasteiger partial charge in [0.1, 0.15) is 18.0 Å². The highest BCUT2D eigenvalue weighted by Gasteiger charge is 2.26. The standard InChI is InChI=1S/C20H27ClN2O4/c1-13(24)20(26)23-10-8-16(9-11-23)27-18-7-6-14(12-17(18)21)19(25)22-15-4-2-3-5-15/h6-7,12-13,15-16,24H,2-5,8-11H2,1H3,(H,22,25)/t13-/m0/s1. The first-order valence-corrected chi connectivity index (χ1v) is 10.1. The molecule has 1 aliphatic heterocycles. The number of aliphatic hydroxyl groups excluding tert-OH is 1. The lowest BCUT2D eigenvalue weighted by Gasteiger charge is -2.33. The van der Waals surface area contributed by atoms with E-state index < -0.39 is 6.10 Å². The van der Waals surface area contributed by atoms with E-state index in [-0.39, 0.29) is 24.0 Å². The van der Waals surface area contributed by atoms with Crippen molar-refractivity contribution in [3.05, 3.63) is 28.8 Å². The molecule has 1 atom stereocenters. The maximum absolute atomic E-state index is 12.3. The van der Waals surface area contributed by atoms with Gasteiger partial charge in [0.15, 0.2) is 0 Å². The summed E-state index contributed by atoms with van der Waals surface area (Å²) in [6.07, 6.45) is 4.75. The van der Waals surface area contributed by atoms with Gasteiger partial charge >= 0.3 is 0 Å².